The lowest BCUT2D eigenvalue weighted by Crippen LogP contribution is -2.11. The molecule has 18 heavy (non-hydrogen) atoms. The Balaban J connectivity index is 2.10. The third-order valence-electron chi connectivity index (χ3n) is 2.06. The minimum Gasteiger partial charge on any atom is -0.436 e. The van der Waals surface area contributed by atoms with E-state index in [0.29, 0.717) is 23.9 Å². The van der Waals surface area contributed by atoms with Crippen LogP contribution in [0, 0.1) is 0 Å². The van der Waals surface area contributed by atoms with Crippen LogP contribution in [0.15, 0.2) is 36.9 Å². The number of nitrogens with zero attached hydrogens (tertiary/aromatic N) is 3. The Morgan fingerprint density at radius 3 is 2.94 bits per heavy atom. The van der Waals surface area contributed by atoms with E-state index >= 15 is 0 Å². The Labute approximate surface area is 104 Å². The van der Waals surface area contributed by atoms with Crippen molar-refractivity contribution in [2.24, 2.45) is 0 Å². The van der Waals surface area contributed by atoms with E-state index in [9.17, 15) is 4.79 Å². The first-order valence-corrected chi connectivity index (χ1v) is 5.47. The highest BCUT2D eigenvalue weighted by Crippen LogP contribution is 2.18. The molecule has 0 spiro atoms. The van der Waals surface area contributed by atoms with E-state index < -0.39 is 0 Å². The van der Waals surface area contributed by atoms with Crippen LogP contribution in [0.4, 0.5) is 5.82 Å². The van der Waals surface area contributed by atoms with Gasteiger partial charge in [0.1, 0.15) is 5.75 Å². The Hall–Kier alpha value is -2.50. The summed E-state index contributed by atoms with van der Waals surface area (Å²) in [6.07, 6.45) is 6.53. The van der Waals surface area contributed by atoms with Crippen LogP contribution in [0.5, 0.6) is 11.6 Å². The van der Waals surface area contributed by atoms with Gasteiger partial charge >= 0.3 is 0 Å². The largest absolute Gasteiger partial charge is 0.436 e. The SMILES string of the molecule is CCC(=O)Nc1cncc(Oc2cccnc2)n1. The number of rotatable bonds is 4. The van der Waals surface area contributed by atoms with Gasteiger partial charge < -0.3 is 10.1 Å². The minimum absolute atomic E-state index is 0.122. The van der Waals surface area contributed by atoms with Crippen molar-refractivity contribution >= 4 is 11.7 Å². The molecule has 2 aromatic heterocycles. The molecule has 0 fully saturated rings. The number of amides is 1. The lowest BCUT2D eigenvalue weighted by atomic mass is 10.4. The second kappa shape index (κ2) is 5.72. The molecular formula is C12H12N4O2. The molecule has 0 radical (unpaired) electrons. The summed E-state index contributed by atoms with van der Waals surface area (Å²) in [5.74, 6) is 1.11. The molecule has 2 rings (SSSR count). The molecule has 2 heterocycles. The Bertz CT molecular complexity index is 531. The summed E-state index contributed by atoms with van der Waals surface area (Å²) < 4.78 is 5.45. The van der Waals surface area contributed by atoms with Gasteiger partial charge in [0, 0.05) is 12.6 Å². The number of nitrogens with one attached hydrogen (secondary N) is 1. The summed E-state index contributed by atoms with van der Waals surface area (Å²) >= 11 is 0. The van der Waals surface area contributed by atoms with Crippen LogP contribution in [0.2, 0.25) is 0 Å². The van der Waals surface area contributed by atoms with Crippen LogP contribution in [0.1, 0.15) is 13.3 Å². The van der Waals surface area contributed by atoms with Crippen molar-refractivity contribution in [3.8, 4) is 11.6 Å². The standard InChI is InChI=1S/C12H12N4O2/c1-2-11(17)15-10-7-14-8-12(16-10)18-9-4-3-5-13-6-9/h3-8H,2H2,1H3,(H,15,16,17). The zero-order valence-electron chi connectivity index (χ0n) is 9.83. The maximum absolute atomic E-state index is 11.2. The number of carbonyl (C=O) groups excluding carboxylic acids is 1. The Morgan fingerprint density at radius 2 is 2.22 bits per heavy atom. The van der Waals surface area contributed by atoms with E-state index in [1.165, 1.54) is 12.4 Å². The predicted molar refractivity (Wildman–Crippen MR) is 65.3 cm³/mol. The summed E-state index contributed by atoms with van der Waals surface area (Å²) in [6, 6.07) is 3.51. The zero-order valence-corrected chi connectivity index (χ0v) is 9.83. The molecular weight excluding hydrogens is 232 g/mol. The average molecular weight is 244 g/mol. The summed E-state index contributed by atoms with van der Waals surface area (Å²) in [4.78, 5) is 23.2. The zero-order chi connectivity index (χ0) is 12.8. The second-order valence-corrected chi connectivity index (χ2v) is 3.44. The highest BCUT2D eigenvalue weighted by molar-refractivity contribution is 5.89. The molecule has 1 amide bonds. The van der Waals surface area contributed by atoms with Crippen molar-refractivity contribution in [1.82, 2.24) is 15.0 Å². The first kappa shape index (κ1) is 12.0. The fraction of sp³-hybridized carbons (Fsp3) is 0.167. The molecule has 0 saturated heterocycles. The third kappa shape index (κ3) is 3.24. The van der Waals surface area contributed by atoms with Gasteiger partial charge in [0.25, 0.3) is 0 Å². The van der Waals surface area contributed by atoms with Crippen LogP contribution in [-0.2, 0) is 4.79 Å². The fourth-order valence-corrected chi connectivity index (χ4v) is 1.22. The maximum atomic E-state index is 11.2. The molecule has 0 saturated carbocycles. The molecule has 0 bridgehead atoms. The van der Waals surface area contributed by atoms with Gasteiger partial charge in [-0.1, -0.05) is 6.92 Å². The third-order valence-corrected chi connectivity index (χ3v) is 2.06. The smallest absolute Gasteiger partial charge is 0.239 e. The van der Waals surface area contributed by atoms with Crippen LogP contribution in [0.25, 0.3) is 0 Å². The highest BCUT2D eigenvalue weighted by Gasteiger charge is 2.04. The van der Waals surface area contributed by atoms with E-state index in [1.807, 2.05) is 0 Å². The number of hydrogen-bond donors (Lipinski definition) is 1. The van der Waals surface area contributed by atoms with Crippen molar-refractivity contribution in [2.75, 3.05) is 5.32 Å². The summed E-state index contributed by atoms with van der Waals surface area (Å²) in [5.41, 5.74) is 0. The quantitative estimate of drug-likeness (QED) is 0.890. The fourth-order valence-electron chi connectivity index (χ4n) is 1.22. The lowest BCUT2D eigenvalue weighted by Gasteiger charge is -2.06. The molecule has 0 aliphatic rings. The lowest BCUT2D eigenvalue weighted by molar-refractivity contribution is -0.115. The second-order valence-electron chi connectivity index (χ2n) is 3.44. The maximum Gasteiger partial charge on any atom is 0.239 e. The molecule has 0 unspecified atom stereocenters. The molecule has 0 aliphatic heterocycles. The minimum atomic E-state index is -0.122. The van der Waals surface area contributed by atoms with Gasteiger partial charge in [-0.15, -0.1) is 0 Å². The Kier molecular flexibility index (Phi) is 3.80. The number of pyridine rings is 1. The van der Waals surface area contributed by atoms with Crippen molar-refractivity contribution in [1.29, 1.82) is 0 Å². The first-order valence-electron chi connectivity index (χ1n) is 5.47. The van der Waals surface area contributed by atoms with Crippen molar-refractivity contribution < 1.29 is 9.53 Å². The first-order chi connectivity index (χ1) is 8.78. The summed E-state index contributed by atoms with van der Waals surface area (Å²) in [7, 11) is 0. The van der Waals surface area contributed by atoms with Crippen LogP contribution in [-0.4, -0.2) is 20.9 Å². The predicted octanol–water partition coefficient (Wildman–Crippen LogP) is 2.01. The number of ether oxygens (including phenoxy) is 1. The monoisotopic (exact) mass is 244 g/mol. The molecule has 0 atom stereocenters. The van der Waals surface area contributed by atoms with Crippen molar-refractivity contribution in [3.05, 3.63) is 36.9 Å². The molecule has 92 valence electrons. The summed E-state index contributed by atoms with van der Waals surface area (Å²) in [5, 5.41) is 2.61. The van der Waals surface area contributed by atoms with Gasteiger partial charge in [0.15, 0.2) is 5.82 Å². The van der Waals surface area contributed by atoms with Gasteiger partial charge in [0.2, 0.25) is 11.8 Å². The Morgan fingerprint density at radius 1 is 1.33 bits per heavy atom. The van der Waals surface area contributed by atoms with E-state index in [2.05, 4.69) is 20.3 Å². The molecule has 0 aromatic carbocycles. The van der Waals surface area contributed by atoms with Gasteiger partial charge in [-0.05, 0) is 12.1 Å². The molecule has 0 aliphatic carbocycles. The van der Waals surface area contributed by atoms with Gasteiger partial charge in [-0.2, -0.15) is 4.98 Å². The van der Waals surface area contributed by atoms with E-state index in [1.54, 1.807) is 31.5 Å². The van der Waals surface area contributed by atoms with E-state index in [0.717, 1.165) is 0 Å². The summed E-state index contributed by atoms with van der Waals surface area (Å²) in [6.45, 7) is 1.76. The van der Waals surface area contributed by atoms with E-state index in [-0.39, 0.29) is 5.91 Å². The van der Waals surface area contributed by atoms with Gasteiger partial charge in [-0.25, -0.2) is 0 Å². The van der Waals surface area contributed by atoms with E-state index in [4.69, 9.17) is 4.74 Å². The average Bonchev–Trinajstić information content (AvgIpc) is 2.40. The normalized spacial score (nSPS) is 9.83. The topological polar surface area (TPSA) is 77.0 Å². The molecule has 6 heteroatoms. The molecule has 2 aromatic rings. The van der Waals surface area contributed by atoms with Crippen LogP contribution < -0.4 is 10.1 Å². The number of anilines is 1. The van der Waals surface area contributed by atoms with Crippen molar-refractivity contribution in [2.45, 2.75) is 13.3 Å². The van der Waals surface area contributed by atoms with Gasteiger partial charge in [0.05, 0.1) is 18.6 Å². The van der Waals surface area contributed by atoms with Crippen molar-refractivity contribution in [3.63, 3.8) is 0 Å². The molecule has 6 nitrogen and oxygen atoms in total. The molecule has 1 N–H and O–H groups in total. The number of hydrogen-bond acceptors (Lipinski definition) is 5. The highest BCUT2D eigenvalue weighted by atomic mass is 16.5. The number of aromatic nitrogens is 3. The van der Waals surface area contributed by atoms with Crippen LogP contribution in [0.3, 0.4) is 0 Å². The van der Waals surface area contributed by atoms with Gasteiger partial charge in [-0.3, -0.25) is 14.8 Å². The van der Waals surface area contributed by atoms with Crippen LogP contribution >= 0.6 is 0 Å². The number of carbonyl (C=O) groups is 1.